The second kappa shape index (κ2) is 5.41. The monoisotopic (exact) mass is 283 g/mol. The Morgan fingerprint density at radius 3 is 2.52 bits per heavy atom. The van der Waals surface area contributed by atoms with Crippen LogP contribution in [0.25, 0.3) is 11.0 Å². The van der Waals surface area contributed by atoms with E-state index in [0.717, 1.165) is 45.9 Å². The van der Waals surface area contributed by atoms with E-state index in [4.69, 9.17) is 8.83 Å². The molecule has 1 atom stereocenters. The van der Waals surface area contributed by atoms with Crippen LogP contribution in [0.4, 0.5) is 0 Å². The zero-order valence-electron chi connectivity index (χ0n) is 13.0. The molecule has 1 aromatic carbocycles. The Hall–Kier alpha value is -2.00. The third-order valence-electron chi connectivity index (χ3n) is 3.84. The first kappa shape index (κ1) is 14.0. The van der Waals surface area contributed by atoms with E-state index in [2.05, 4.69) is 49.5 Å². The number of furan rings is 2. The summed E-state index contributed by atoms with van der Waals surface area (Å²) in [5.41, 5.74) is 3.27. The van der Waals surface area contributed by atoms with Crippen molar-refractivity contribution in [2.75, 3.05) is 6.54 Å². The molecule has 3 aromatic rings. The van der Waals surface area contributed by atoms with Gasteiger partial charge in [0.25, 0.3) is 0 Å². The van der Waals surface area contributed by atoms with E-state index in [1.54, 1.807) is 0 Å². The Morgan fingerprint density at radius 1 is 1.10 bits per heavy atom. The van der Waals surface area contributed by atoms with Crippen LogP contribution in [0.15, 0.2) is 39.2 Å². The van der Waals surface area contributed by atoms with Crippen LogP contribution in [0.2, 0.25) is 0 Å². The Labute approximate surface area is 124 Å². The highest BCUT2D eigenvalue weighted by atomic mass is 16.3. The van der Waals surface area contributed by atoms with Gasteiger partial charge in [-0.15, -0.1) is 0 Å². The maximum atomic E-state index is 6.13. The van der Waals surface area contributed by atoms with Crippen molar-refractivity contribution >= 4 is 11.0 Å². The van der Waals surface area contributed by atoms with Gasteiger partial charge in [-0.1, -0.05) is 25.1 Å². The molecule has 0 aliphatic heterocycles. The minimum absolute atomic E-state index is 0.0271. The normalized spacial score (nSPS) is 13.0. The first-order chi connectivity index (χ1) is 10.1. The van der Waals surface area contributed by atoms with Crippen molar-refractivity contribution in [3.05, 3.63) is 58.7 Å². The molecule has 0 bridgehead atoms. The van der Waals surface area contributed by atoms with Gasteiger partial charge in [-0.2, -0.15) is 0 Å². The Kier molecular flexibility index (Phi) is 3.60. The zero-order valence-corrected chi connectivity index (χ0v) is 13.0. The molecule has 2 heterocycles. The van der Waals surface area contributed by atoms with Gasteiger partial charge in [-0.05, 0) is 45.0 Å². The van der Waals surface area contributed by atoms with Gasteiger partial charge in [0.05, 0.1) is 6.04 Å². The summed E-state index contributed by atoms with van der Waals surface area (Å²) in [5, 5.41) is 4.64. The number of para-hydroxylation sites is 1. The number of nitrogens with one attached hydrogen (secondary N) is 1. The summed E-state index contributed by atoms with van der Waals surface area (Å²) in [4.78, 5) is 0. The van der Waals surface area contributed by atoms with Crippen LogP contribution in [-0.4, -0.2) is 6.54 Å². The lowest BCUT2D eigenvalue weighted by molar-refractivity contribution is 0.460. The zero-order chi connectivity index (χ0) is 15.0. The molecule has 1 N–H and O–H groups in total. The summed E-state index contributed by atoms with van der Waals surface area (Å²) in [7, 11) is 0. The fourth-order valence-electron chi connectivity index (χ4n) is 2.88. The van der Waals surface area contributed by atoms with Crippen molar-refractivity contribution in [3.8, 4) is 0 Å². The molecule has 0 aliphatic carbocycles. The molecule has 0 saturated heterocycles. The van der Waals surface area contributed by atoms with E-state index in [1.165, 1.54) is 0 Å². The lowest BCUT2D eigenvalue weighted by Gasteiger charge is -2.14. The van der Waals surface area contributed by atoms with Crippen LogP contribution >= 0.6 is 0 Å². The van der Waals surface area contributed by atoms with Crippen molar-refractivity contribution in [3.63, 3.8) is 0 Å². The molecule has 3 nitrogen and oxygen atoms in total. The van der Waals surface area contributed by atoms with Gasteiger partial charge in [-0.25, -0.2) is 0 Å². The summed E-state index contributed by atoms with van der Waals surface area (Å²) in [6.07, 6.45) is 0. The third kappa shape index (κ3) is 2.49. The Bertz CT molecular complexity index is 767. The van der Waals surface area contributed by atoms with E-state index in [1.807, 2.05) is 13.8 Å². The van der Waals surface area contributed by atoms with Crippen LogP contribution in [0, 0.1) is 20.8 Å². The van der Waals surface area contributed by atoms with Crippen LogP contribution in [0.5, 0.6) is 0 Å². The molecule has 0 amide bonds. The van der Waals surface area contributed by atoms with Crippen molar-refractivity contribution in [1.29, 1.82) is 0 Å². The predicted octanol–water partition coefficient (Wildman–Crippen LogP) is 4.65. The Balaban J connectivity index is 2.11. The van der Waals surface area contributed by atoms with Gasteiger partial charge >= 0.3 is 0 Å². The van der Waals surface area contributed by atoms with Crippen LogP contribution in [-0.2, 0) is 0 Å². The van der Waals surface area contributed by atoms with Crippen molar-refractivity contribution in [2.24, 2.45) is 0 Å². The van der Waals surface area contributed by atoms with E-state index in [-0.39, 0.29) is 6.04 Å². The van der Waals surface area contributed by atoms with E-state index >= 15 is 0 Å². The molecule has 3 rings (SSSR count). The van der Waals surface area contributed by atoms with Gasteiger partial charge < -0.3 is 14.2 Å². The number of rotatable bonds is 4. The number of hydrogen-bond acceptors (Lipinski definition) is 3. The van der Waals surface area contributed by atoms with Gasteiger partial charge in [0.2, 0.25) is 0 Å². The number of benzene rings is 1. The number of fused-ring (bicyclic) bond motifs is 1. The van der Waals surface area contributed by atoms with Crippen LogP contribution < -0.4 is 5.32 Å². The smallest absolute Gasteiger partial charge is 0.137 e. The molecule has 21 heavy (non-hydrogen) atoms. The minimum atomic E-state index is 0.0271. The van der Waals surface area contributed by atoms with Crippen LogP contribution in [0.1, 0.15) is 41.4 Å². The summed E-state index contributed by atoms with van der Waals surface area (Å²) >= 11 is 0. The maximum Gasteiger partial charge on any atom is 0.137 e. The summed E-state index contributed by atoms with van der Waals surface area (Å²) in [5.74, 6) is 2.80. The largest absolute Gasteiger partial charge is 0.466 e. The molecule has 0 radical (unpaired) electrons. The molecule has 0 saturated carbocycles. The van der Waals surface area contributed by atoms with E-state index in [0.29, 0.717) is 0 Å². The summed E-state index contributed by atoms with van der Waals surface area (Å²) in [6, 6.07) is 10.5. The molecule has 0 spiro atoms. The van der Waals surface area contributed by atoms with Gasteiger partial charge in [0, 0.05) is 10.9 Å². The molecule has 1 unspecified atom stereocenters. The highest BCUT2D eigenvalue weighted by molar-refractivity contribution is 5.81. The van der Waals surface area contributed by atoms with Crippen molar-refractivity contribution in [2.45, 2.75) is 33.7 Å². The van der Waals surface area contributed by atoms with Gasteiger partial charge in [0.1, 0.15) is 22.9 Å². The lowest BCUT2D eigenvalue weighted by atomic mass is 10.0. The SMILES string of the molecule is CCNC(c1cc2cccc(C)c2o1)c1cc(C)oc1C. The molecule has 110 valence electrons. The lowest BCUT2D eigenvalue weighted by Crippen LogP contribution is -2.21. The first-order valence-corrected chi connectivity index (χ1v) is 7.39. The highest BCUT2D eigenvalue weighted by Crippen LogP contribution is 2.32. The average molecular weight is 283 g/mol. The third-order valence-corrected chi connectivity index (χ3v) is 3.84. The van der Waals surface area contributed by atoms with Gasteiger partial charge in [0.15, 0.2) is 0 Å². The average Bonchev–Trinajstić information content (AvgIpc) is 3.00. The molecular formula is C18H21NO2. The summed E-state index contributed by atoms with van der Waals surface area (Å²) < 4.78 is 11.8. The second-order valence-electron chi connectivity index (χ2n) is 5.50. The molecule has 3 heteroatoms. The highest BCUT2D eigenvalue weighted by Gasteiger charge is 2.22. The number of hydrogen-bond donors (Lipinski definition) is 1. The van der Waals surface area contributed by atoms with E-state index in [9.17, 15) is 0 Å². The van der Waals surface area contributed by atoms with Crippen molar-refractivity contribution in [1.82, 2.24) is 5.32 Å². The summed E-state index contributed by atoms with van der Waals surface area (Å²) in [6.45, 7) is 9.02. The second-order valence-corrected chi connectivity index (χ2v) is 5.50. The molecule has 0 fully saturated rings. The topological polar surface area (TPSA) is 38.3 Å². The van der Waals surface area contributed by atoms with Crippen LogP contribution in [0.3, 0.4) is 0 Å². The molecular weight excluding hydrogens is 262 g/mol. The molecule has 0 aliphatic rings. The fraction of sp³-hybridized carbons (Fsp3) is 0.333. The van der Waals surface area contributed by atoms with Crippen molar-refractivity contribution < 1.29 is 8.83 Å². The van der Waals surface area contributed by atoms with Gasteiger partial charge in [-0.3, -0.25) is 0 Å². The number of aryl methyl sites for hydroxylation is 3. The molecule has 2 aromatic heterocycles. The Morgan fingerprint density at radius 2 is 1.90 bits per heavy atom. The standard InChI is InChI=1S/C18H21NO2/c1-5-19-17(15-9-12(3)20-13(15)4)16-10-14-8-6-7-11(2)18(14)21-16/h6-10,17,19H,5H2,1-4H3. The maximum absolute atomic E-state index is 6.13. The van der Waals surface area contributed by atoms with E-state index < -0.39 is 0 Å². The minimum Gasteiger partial charge on any atom is -0.466 e. The fourth-order valence-corrected chi connectivity index (χ4v) is 2.88. The first-order valence-electron chi connectivity index (χ1n) is 7.39. The predicted molar refractivity (Wildman–Crippen MR) is 84.7 cm³/mol. The quantitative estimate of drug-likeness (QED) is 0.757.